The maximum absolute atomic E-state index is 12.4. The number of ether oxygens (including phenoxy) is 1. The number of nitrogens with one attached hydrogen (secondary N) is 2. The number of benzene rings is 1. The van der Waals surface area contributed by atoms with E-state index >= 15 is 0 Å². The summed E-state index contributed by atoms with van der Waals surface area (Å²) in [6.07, 6.45) is 2.85. The molecule has 1 aliphatic rings. The molecule has 2 aromatic rings. The number of thiocarbonyl (C=S) groups is 1. The third kappa shape index (κ3) is 3.97. The number of carbonyl (C=O) groups excluding carboxylic acids is 2. The molecule has 0 saturated heterocycles. The minimum absolute atomic E-state index is 0.149. The second-order valence-corrected chi connectivity index (χ2v) is 8.04. The molecule has 1 aromatic heterocycles. The number of amides is 1. The topological polar surface area (TPSA) is 67.4 Å². The van der Waals surface area contributed by atoms with Gasteiger partial charge in [0.05, 0.1) is 17.7 Å². The van der Waals surface area contributed by atoms with Gasteiger partial charge in [0.1, 0.15) is 5.00 Å². The number of rotatable bonds is 4. The predicted octanol–water partition coefficient (Wildman–Crippen LogP) is 4.30. The first kappa shape index (κ1) is 19.0. The lowest BCUT2D eigenvalue weighted by Crippen LogP contribution is -2.34. The molecule has 0 spiro atoms. The zero-order chi connectivity index (χ0) is 18.7. The summed E-state index contributed by atoms with van der Waals surface area (Å²) in [4.78, 5) is 25.9. The number of thiophene rings is 1. The van der Waals surface area contributed by atoms with E-state index in [1.807, 2.05) is 6.07 Å². The molecule has 26 heavy (non-hydrogen) atoms. The Balaban J connectivity index is 1.77. The number of aryl methyl sites for hydroxylation is 1. The van der Waals surface area contributed by atoms with E-state index in [9.17, 15) is 9.59 Å². The van der Waals surface area contributed by atoms with Crippen LogP contribution in [-0.4, -0.2) is 23.6 Å². The maximum atomic E-state index is 12.4. The number of hydrogen-bond acceptors (Lipinski definition) is 5. The van der Waals surface area contributed by atoms with Crippen molar-refractivity contribution in [3.63, 3.8) is 0 Å². The second-order valence-electron chi connectivity index (χ2n) is 5.67. The fourth-order valence-electron chi connectivity index (χ4n) is 2.86. The minimum atomic E-state index is -0.352. The van der Waals surface area contributed by atoms with Gasteiger partial charge >= 0.3 is 5.97 Å². The van der Waals surface area contributed by atoms with Gasteiger partial charge in [0.2, 0.25) is 0 Å². The van der Waals surface area contributed by atoms with E-state index in [2.05, 4.69) is 26.6 Å². The molecule has 1 amide bonds. The lowest BCUT2D eigenvalue weighted by molar-refractivity contribution is 0.0527. The summed E-state index contributed by atoms with van der Waals surface area (Å²) in [6, 6.07) is 7.09. The van der Waals surface area contributed by atoms with Crippen LogP contribution in [0, 0.1) is 0 Å². The monoisotopic (exact) mass is 452 g/mol. The van der Waals surface area contributed by atoms with Gasteiger partial charge in [-0.3, -0.25) is 10.1 Å². The van der Waals surface area contributed by atoms with Gasteiger partial charge < -0.3 is 10.1 Å². The lowest BCUT2D eigenvalue weighted by atomic mass is 10.1. The highest BCUT2D eigenvalue weighted by atomic mass is 79.9. The van der Waals surface area contributed by atoms with E-state index in [-0.39, 0.29) is 17.0 Å². The van der Waals surface area contributed by atoms with E-state index in [4.69, 9.17) is 17.0 Å². The highest BCUT2D eigenvalue weighted by molar-refractivity contribution is 9.10. The SMILES string of the molecule is CCOC(=O)c1c(NC(=S)NC(=O)c2ccccc2Br)sc2c1CCC2. The van der Waals surface area contributed by atoms with Crippen molar-refractivity contribution >= 4 is 61.5 Å². The molecule has 136 valence electrons. The summed E-state index contributed by atoms with van der Waals surface area (Å²) in [5.41, 5.74) is 2.06. The largest absolute Gasteiger partial charge is 0.462 e. The Morgan fingerprint density at radius 3 is 2.81 bits per heavy atom. The minimum Gasteiger partial charge on any atom is -0.462 e. The Morgan fingerprint density at radius 1 is 1.31 bits per heavy atom. The number of esters is 1. The summed E-state index contributed by atoms with van der Waals surface area (Å²) in [5, 5.41) is 6.44. The first-order valence-electron chi connectivity index (χ1n) is 8.19. The number of halogens is 1. The molecule has 1 aromatic carbocycles. The Hall–Kier alpha value is -1.77. The van der Waals surface area contributed by atoms with Crippen LogP contribution >= 0.6 is 39.5 Å². The van der Waals surface area contributed by atoms with Crippen LogP contribution in [0.5, 0.6) is 0 Å². The second kappa shape index (κ2) is 8.28. The number of carbonyl (C=O) groups is 2. The van der Waals surface area contributed by atoms with Crippen LogP contribution in [0.4, 0.5) is 5.00 Å². The van der Waals surface area contributed by atoms with Crippen LogP contribution in [0.15, 0.2) is 28.7 Å². The average Bonchev–Trinajstić information content (AvgIpc) is 3.15. The highest BCUT2D eigenvalue weighted by Gasteiger charge is 2.28. The van der Waals surface area contributed by atoms with E-state index in [0.717, 1.165) is 24.8 Å². The molecule has 2 N–H and O–H groups in total. The molecule has 0 unspecified atom stereocenters. The molecule has 1 heterocycles. The predicted molar refractivity (Wildman–Crippen MR) is 110 cm³/mol. The van der Waals surface area contributed by atoms with Gasteiger partial charge in [0.15, 0.2) is 5.11 Å². The smallest absolute Gasteiger partial charge is 0.341 e. The summed E-state index contributed by atoms with van der Waals surface area (Å²) in [7, 11) is 0. The summed E-state index contributed by atoms with van der Waals surface area (Å²) in [5.74, 6) is -0.675. The van der Waals surface area contributed by atoms with Crippen LogP contribution in [0.3, 0.4) is 0 Å². The summed E-state index contributed by atoms with van der Waals surface area (Å²) in [6.45, 7) is 2.09. The molecule has 5 nitrogen and oxygen atoms in total. The highest BCUT2D eigenvalue weighted by Crippen LogP contribution is 2.39. The third-order valence-electron chi connectivity index (χ3n) is 3.97. The van der Waals surface area contributed by atoms with Crippen molar-refractivity contribution in [2.45, 2.75) is 26.2 Å². The van der Waals surface area contributed by atoms with Crippen molar-refractivity contribution in [3.05, 3.63) is 50.3 Å². The van der Waals surface area contributed by atoms with Crippen molar-refractivity contribution in [2.24, 2.45) is 0 Å². The van der Waals surface area contributed by atoms with Gasteiger partial charge in [0, 0.05) is 9.35 Å². The molecule has 0 saturated carbocycles. The number of hydrogen-bond donors (Lipinski definition) is 2. The molecule has 1 aliphatic carbocycles. The van der Waals surface area contributed by atoms with Crippen LogP contribution in [-0.2, 0) is 17.6 Å². The molecule has 0 radical (unpaired) electrons. The third-order valence-corrected chi connectivity index (χ3v) is 6.08. The Labute approximate surface area is 169 Å². The van der Waals surface area contributed by atoms with Gasteiger partial charge in [-0.1, -0.05) is 12.1 Å². The van der Waals surface area contributed by atoms with Crippen LogP contribution in [0.25, 0.3) is 0 Å². The summed E-state index contributed by atoms with van der Waals surface area (Å²) >= 11 is 10.1. The quantitative estimate of drug-likeness (QED) is 0.534. The van der Waals surface area contributed by atoms with Gasteiger partial charge in [-0.05, 0) is 72.0 Å². The van der Waals surface area contributed by atoms with Gasteiger partial charge in [-0.25, -0.2) is 4.79 Å². The standard InChI is InChI=1S/C18H17BrN2O3S2/c1-2-24-17(23)14-11-7-5-9-13(11)26-16(14)21-18(25)20-15(22)10-6-3-4-8-12(10)19/h3-4,6,8H,2,5,7,9H2,1H3,(H2,20,21,22,25). The molecule has 3 rings (SSSR count). The Morgan fingerprint density at radius 2 is 2.08 bits per heavy atom. The van der Waals surface area contributed by atoms with Gasteiger partial charge in [-0.15, -0.1) is 11.3 Å². The van der Waals surface area contributed by atoms with E-state index < -0.39 is 0 Å². The fraction of sp³-hybridized carbons (Fsp3) is 0.278. The number of fused-ring (bicyclic) bond motifs is 1. The molecule has 0 aliphatic heterocycles. The van der Waals surface area contributed by atoms with E-state index in [1.165, 1.54) is 16.2 Å². The van der Waals surface area contributed by atoms with Crippen molar-refractivity contribution in [1.82, 2.24) is 5.32 Å². The Kier molecular flexibility index (Phi) is 6.05. The van der Waals surface area contributed by atoms with Crippen LogP contribution < -0.4 is 10.6 Å². The molecular weight excluding hydrogens is 436 g/mol. The van der Waals surface area contributed by atoms with Gasteiger partial charge in [-0.2, -0.15) is 0 Å². The van der Waals surface area contributed by atoms with Crippen molar-refractivity contribution in [2.75, 3.05) is 11.9 Å². The van der Waals surface area contributed by atoms with Crippen molar-refractivity contribution in [3.8, 4) is 0 Å². The first-order valence-corrected chi connectivity index (χ1v) is 10.2. The van der Waals surface area contributed by atoms with E-state index in [0.29, 0.717) is 27.2 Å². The first-order chi connectivity index (χ1) is 12.5. The van der Waals surface area contributed by atoms with Gasteiger partial charge in [0.25, 0.3) is 5.91 Å². The number of anilines is 1. The fourth-order valence-corrected chi connectivity index (χ4v) is 4.87. The normalized spacial score (nSPS) is 12.4. The summed E-state index contributed by atoms with van der Waals surface area (Å²) < 4.78 is 5.87. The van der Waals surface area contributed by atoms with Crippen LogP contribution in [0.1, 0.15) is 44.5 Å². The molecule has 0 atom stereocenters. The molecule has 0 fully saturated rings. The zero-order valence-corrected chi connectivity index (χ0v) is 17.3. The van der Waals surface area contributed by atoms with Crippen molar-refractivity contribution < 1.29 is 14.3 Å². The molecule has 0 bridgehead atoms. The molecule has 8 heteroatoms. The van der Waals surface area contributed by atoms with Crippen LogP contribution in [0.2, 0.25) is 0 Å². The van der Waals surface area contributed by atoms with E-state index in [1.54, 1.807) is 25.1 Å². The zero-order valence-electron chi connectivity index (χ0n) is 14.1. The van der Waals surface area contributed by atoms with Crippen molar-refractivity contribution in [1.29, 1.82) is 0 Å². The molecular formula is C18H17BrN2O3S2. The average molecular weight is 453 g/mol. The maximum Gasteiger partial charge on any atom is 0.341 e. The Bertz CT molecular complexity index is 879. The lowest BCUT2D eigenvalue weighted by Gasteiger charge is -2.11.